The summed E-state index contributed by atoms with van der Waals surface area (Å²) in [7, 11) is 0. The van der Waals surface area contributed by atoms with Gasteiger partial charge in [-0.2, -0.15) is 4.98 Å². The second-order valence-corrected chi connectivity index (χ2v) is 8.57. The fourth-order valence-corrected chi connectivity index (χ4v) is 3.50. The Morgan fingerprint density at radius 2 is 1.91 bits per heavy atom. The Kier molecular flexibility index (Phi) is 7.20. The number of hydrogen-bond acceptors (Lipinski definition) is 5. The number of hydrogen-bond donors (Lipinski definition) is 1. The van der Waals surface area contributed by atoms with E-state index in [1.807, 2.05) is 0 Å². The molecule has 7 nitrogen and oxygen atoms in total. The minimum atomic E-state index is -0.725. The molecule has 0 unspecified atom stereocenters. The van der Waals surface area contributed by atoms with Crippen LogP contribution in [0, 0.1) is 5.82 Å². The quantitative estimate of drug-likeness (QED) is 0.481. The Bertz CT molecular complexity index is 1240. The van der Waals surface area contributed by atoms with Crippen LogP contribution in [0.5, 0.6) is 6.01 Å². The molecule has 0 atom stereocenters. The first-order valence-electron chi connectivity index (χ1n) is 10.8. The van der Waals surface area contributed by atoms with E-state index < -0.39 is 23.3 Å². The van der Waals surface area contributed by atoms with E-state index in [0.29, 0.717) is 23.3 Å². The van der Waals surface area contributed by atoms with E-state index in [2.05, 4.69) is 11.6 Å². The van der Waals surface area contributed by atoms with Gasteiger partial charge in [0.2, 0.25) is 0 Å². The van der Waals surface area contributed by atoms with Crippen molar-refractivity contribution in [3.63, 3.8) is 0 Å². The normalized spacial score (nSPS) is 11.2. The summed E-state index contributed by atoms with van der Waals surface area (Å²) in [5.41, 5.74) is 6.91. The Labute approximate surface area is 198 Å². The molecule has 0 fully saturated rings. The van der Waals surface area contributed by atoms with Gasteiger partial charge in [0.15, 0.2) is 0 Å². The van der Waals surface area contributed by atoms with Crippen LogP contribution in [0.15, 0.2) is 49.0 Å². The summed E-state index contributed by atoms with van der Waals surface area (Å²) in [6, 6.07) is 11.7. The topological polar surface area (TPSA) is 96.4 Å². The lowest BCUT2D eigenvalue weighted by atomic mass is 9.98. The Morgan fingerprint density at radius 1 is 1.21 bits per heavy atom. The number of primary amides is 1. The van der Waals surface area contributed by atoms with Crippen LogP contribution in [-0.2, 0) is 11.3 Å². The molecular formula is C26H28FN3O4. The van der Waals surface area contributed by atoms with E-state index in [4.69, 9.17) is 15.2 Å². The van der Waals surface area contributed by atoms with Gasteiger partial charge in [-0.1, -0.05) is 36.9 Å². The lowest BCUT2D eigenvalue weighted by Crippen LogP contribution is -2.24. The first-order valence-corrected chi connectivity index (χ1v) is 10.8. The molecule has 0 saturated carbocycles. The van der Waals surface area contributed by atoms with Crippen LogP contribution in [0.2, 0.25) is 0 Å². The van der Waals surface area contributed by atoms with Crippen LogP contribution in [0.1, 0.15) is 59.8 Å². The van der Waals surface area contributed by atoms with E-state index >= 15 is 4.39 Å². The highest BCUT2D eigenvalue weighted by Crippen LogP contribution is 2.29. The van der Waals surface area contributed by atoms with Crippen molar-refractivity contribution in [2.75, 3.05) is 6.61 Å². The molecule has 1 heterocycles. The van der Waals surface area contributed by atoms with E-state index in [1.165, 1.54) is 16.7 Å². The summed E-state index contributed by atoms with van der Waals surface area (Å²) < 4.78 is 27.7. The number of amides is 1. The van der Waals surface area contributed by atoms with Gasteiger partial charge in [0, 0.05) is 5.56 Å². The highest BCUT2D eigenvalue weighted by molar-refractivity contribution is 5.97. The van der Waals surface area contributed by atoms with Crippen LogP contribution in [0.4, 0.5) is 4.39 Å². The van der Waals surface area contributed by atoms with Gasteiger partial charge in [-0.15, -0.1) is 0 Å². The molecule has 3 rings (SSSR count). The van der Waals surface area contributed by atoms with Crippen LogP contribution in [0.25, 0.3) is 17.2 Å². The van der Waals surface area contributed by atoms with E-state index in [9.17, 15) is 9.59 Å². The number of carbonyl (C=O) groups excluding carboxylic acids is 2. The fraction of sp³-hybridized carbons (Fsp3) is 0.269. The lowest BCUT2D eigenvalue weighted by Gasteiger charge is -2.20. The van der Waals surface area contributed by atoms with Gasteiger partial charge in [-0.05, 0) is 57.0 Å². The number of rotatable bonds is 8. The highest BCUT2D eigenvalue weighted by atomic mass is 19.1. The predicted octanol–water partition coefficient (Wildman–Crippen LogP) is 4.83. The maximum atomic E-state index is 15.2. The summed E-state index contributed by atoms with van der Waals surface area (Å²) in [4.78, 5) is 29.0. The number of imidazole rings is 1. The minimum Gasteiger partial charge on any atom is -0.465 e. The zero-order valence-electron chi connectivity index (χ0n) is 19.7. The Morgan fingerprint density at radius 3 is 2.50 bits per heavy atom. The van der Waals surface area contributed by atoms with Gasteiger partial charge in [0.1, 0.15) is 17.1 Å². The molecule has 0 aliphatic rings. The third-order valence-electron chi connectivity index (χ3n) is 4.90. The van der Waals surface area contributed by atoms with Crippen LogP contribution >= 0.6 is 0 Å². The molecule has 0 saturated heterocycles. The van der Waals surface area contributed by atoms with Crippen molar-refractivity contribution in [1.29, 1.82) is 0 Å². The molecule has 34 heavy (non-hydrogen) atoms. The summed E-state index contributed by atoms with van der Waals surface area (Å²) in [6.07, 6.45) is 1.40. The average molecular weight is 466 g/mol. The first-order chi connectivity index (χ1) is 16.1. The predicted molar refractivity (Wildman–Crippen MR) is 128 cm³/mol. The number of benzene rings is 2. The SMILES string of the molecule is C=Cc1nc(OCC)n(Cc2ccc(-c3ccccc3C(=O)OC(C)(C)C)cc2F)c1C(N)=O. The van der Waals surface area contributed by atoms with Gasteiger partial charge in [-0.25, -0.2) is 9.18 Å². The van der Waals surface area contributed by atoms with Crippen molar-refractivity contribution < 1.29 is 23.5 Å². The Hall–Kier alpha value is -3.94. The Balaban J connectivity index is 2.00. The van der Waals surface area contributed by atoms with Gasteiger partial charge < -0.3 is 15.2 Å². The van der Waals surface area contributed by atoms with E-state index in [-0.39, 0.29) is 29.5 Å². The zero-order chi connectivity index (χ0) is 25.0. The van der Waals surface area contributed by atoms with E-state index in [0.717, 1.165) is 0 Å². The number of carbonyl (C=O) groups is 2. The summed E-state index contributed by atoms with van der Waals surface area (Å²) in [5, 5.41) is 0. The molecular weight excluding hydrogens is 437 g/mol. The average Bonchev–Trinajstić information content (AvgIpc) is 3.11. The molecule has 3 aromatic rings. The molecule has 0 radical (unpaired) electrons. The number of ether oxygens (including phenoxy) is 2. The lowest BCUT2D eigenvalue weighted by molar-refractivity contribution is 0.00703. The van der Waals surface area contributed by atoms with Crippen molar-refractivity contribution in [2.45, 2.75) is 39.8 Å². The number of halogens is 1. The summed E-state index contributed by atoms with van der Waals surface area (Å²) in [6.45, 7) is 11.0. The second kappa shape index (κ2) is 9.91. The van der Waals surface area contributed by atoms with Gasteiger partial charge >= 0.3 is 5.97 Å². The zero-order valence-corrected chi connectivity index (χ0v) is 19.7. The molecule has 0 spiro atoms. The maximum Gasteiger partial charge on any atom is 0.339 e. The number of nitrogens with two attached hydrogens (primary N) is 1. The van der Waals surface area contributed by atoms with Crippen LogP contribution < -0.4 is 10.5 Å². The third-order valence-corrected chi connectivity index (χ3v) is 4.90. The third kappa shape index (κ3) is 5.33. The minimum absolute atomic E-state index is 0.0335. The van der Waals surface area contributed by atoms with Crippen LogP contribution in [-0.4, -0.2) is 33.6 Å². The molecule has 0 bridgehead atoms. The van der Waals surface area contributed by atoms with Gasteiger partial charge in [-0.3, -0.25) is 9.36 Å². The van der Waals surface area contributed by atoms with Crippen LogP contribution in [0.3, 0.4) is 0 Å². The molecule has 178 valence electrons. The molecule has 2 N–H and O–H groups in total. The number of aromatic nitrogens is 2. The molecule has 0 aliphatic heterocycles. The van der Waals surface area contributed by atoms with Crippen molar-refractivity contribution in [1.82, 2.24) is 9.55 Å². The van der Waals surface area contributed by atoms with Crippen molar-refractivity contribution in [3.8, 4) is 17.1 Å². The van der Waals surface area contributed by atoms with Crippen molar-refractivity contribution >= 4 is 18.0 Å². The van der Waals surface area contributed by atoms with E-state index in [1.54, 1.807) is 64.1 Å². The maximum absolute atomic E-state index is 15.2. The molecule has 1 aromatic heterocycles. The molecule has 2 aromatic carbocycles. The standard InChI is InChI=1S/C26H28FN3O4/c1-6-21-22(23(28)31)30(25(29-21)33-7-2)15-17-13-12-16(14-20(17)27)18-10-8-9-11-19(18)24(32)34-26(3,4)5/h6,8-14H,1,7,15H2,2-5H3,(H2,28,31). The molecule has 1 amide bonds. The van der Waals surface area contributed by atoms with Crippen molar-refractivity contribution in [2.24, 2.45) is 5.73 Å². The smallest absolute Gasteiger partial charge is 0.339 e. The number of nitrogens with zero attached hydrogens (tertiary/aromatic N) is 2. The second-order valence-electron chi connectivity index (χ2n) is 8.57. The number of esters is 1. The monoisotopic (exact) mass is 465 g/mol. The summed E-state index contributed by atoms with van der Waals surface area (Å²) in [5.74, 6) is -1.74. The fourth-order valence-electron chi connectivity index (χ4n) is 3.50. The first kappa shape index (κ1) is 24.7. The molecule has 0 aliphatic carbocycles. The highest BCUT2D eigenvalue weighted by Gasteiger charge is 2.23. The summed E-state index contributed by atoms with van der Waals surface area (Å²) >= 11 is 0. The molecule has 8 heteroatoms. The van der Waals surface area contributed by atoms with Gasteiger partial charge in [0.25, 0.3) is 11.9 Å². The van der Waals surface area contributed by atoms with Crippen molar-refractivity contribution in [3.05, 3.63) is 77.4 Å². The van der Waals surface area contributed by atoms with Gasteiger partial charge in [0.05, 0.1) is 24.4 Å². The largest absolute Gasteiger partial charge is 0.465 e.